The highest BCUT2D eigenvalue weighted by molar-refractivity contribution is 8.00. The number of benzene rings is 3. The first-order chi connectivity index (χ1) is 17.5. The fourth-order valence-electron chi connectivity index (χ4n) is 2.99. The summed E-state index contributed by atoms with van der Waals surface area (Å²) >= 11 is 7.38. The number of halogens is 1. The predicted octanol–water partition coefficient (Wildman–Crippen LogP) is 8.42. The first-order valence-electron chi connectivity index (χ1n) is 11.6. The SMILES string of the molecule is CC.CC.COc1cc(/C=C\c2cc(OC)c(OC)c(OC)c2)cc(NSc2cccc(Cl)c2)c1O. The quantitative estimate of drug-likeness (QED) is 0.162. The van der Waals surface area contributed by atoms with Gasteiger partial charge in [-0.05, 0) is 65.5 Å². The largest absolute Gasteiger partial charge is 0.503 e. The molecule has 0 aliphatic carbocycles. The van der Waals surface area contributed by atoms with Crippen LogP contribution < -0.4 is 23.7 Å². The van der Waals surface area contributed by atoms with Crippen LogP contribution >= 0.6 is 23.5 Å². The average Bonchev–Trinajstić information content (AvgIpc) is 2.93. The summed E-state index contributed by atoms with van der Waals surface area (Å²) < 4.78 is 24.7. The predicted molar refractivity (Wildman–Crippen MR) is 153 cm³/mol. The molecule has 6 nitrogen and oxygen atoms in total. The van der Waals surface area contributed by atoms with Gasteiger partial charge in [-0.2, -0.15) is 0 Å². The molecular formula is C28H36ClNO5S. The summed E-state index contributed by atoms with van der Waals surface area (Å²) in [6.45, 7) is 8.00. The molecule has 0 unspecified atom stereocenters. The zero-order chi connectivity index (χ0) is 27.1. The number of rotatable bonds is 9. The molecule has 0 aliphatic heterocycles. The van der Waals surface area contributed by atoms with Gasteiger partial charge < -0.3 is 28.8 Å². The third-order valence-corrected chi connectivity index (χ3v) is 5.59. The van der Waals surface area contributed by atoms with E-state index in [1.165, 1.54) is 19.1 Å². The second-order valence-corrected chi connectivity index (χ2v) is 7.89. The maximum absolute atomic E-state index is 10.5. The smallest absolute Gasteiger partial charge is 0.203 e. The van der Waals surface area contributed by atoms with Gasteiger partial charge in [0.1, 0.15) is 0 Å². The zero-order valence-electron chi connectivity index (χ0n) is 22.1. The minimum absolute atomic E-state index is 0.0203. The van der Waals surface area contributed by atoms with Crippen molar-refractivity contribution in [1.82, 2.24) is 0 Å². The Morgan fingerprint density at radius 2 is 1.28 bits per heavy atom. The van der Waals surface area contributed by atoms with E-state index in [2.05, 4.69) is 4.72 Å². The van der Waals surface area contributed by atoms with Gasteiger partial charge in [0.15, 0.2) is 23.0 Å². The Morgan fingerprint density at radius 1 is 0.750 bits per heavy atom. The lowest BCUT2D eigenvalue weighted by Gasteiger charge is -2.13. The van der Waals surface area contributed by atoms with E-state index in [9.17, 15) is 5.11 Å². The van der Waals surface area contributed by atoms with E-state index < -0.39 is 0 Å². The van der Waals surface area contributed by atoms with E-state index in [1.54, 1.807) is 33.5 Å². The molecule has 0 heterocycles. The van der Waals surface area contributed by atoms with Crippen LogP contribution in [0.4, 0.5) is 5.69 Å². The van der Waals surface area contributed by atoms with Gasteiger partial charge in [0.2, 0.25) is 5.75 Å². The van der Waals surface area contributed by atoms with Gasteiger partial charge in [0.05, 0.1) is 34.1 Å². The van der Waals surface area contributed by atoms with Crippen LogP contribution in [0.2, 0.25) is 5.02 Å². The molecule has 0 fully saturated rings. The number of hydrogen-bond donors (Lipinski definition) is 2. The van der Waals surface area contributed by atoms with Crippen LogP contribution in [-0.2, 0) is 0 Å². The lowest BCUT2D eigenvalue weighted by atomic mass is 10.1. The summed E-state index contributed by atoms with van der Waals surface area (Å²) in [4.78, 5) is 0.911. The molecule has 3 rings (SSSR count). The van der Waals surface area contributed by atoms with Crippen LogP contribution in [0.5, 0.6) is 28.7 Å². The molecule has 0 amide bonds. The fourth-order valence-corrected chi connectivity index (χ4v) is 3.96. The summed E-state index contributed by atoms with van der Waals surface area (Å²) in [5, 5.41) is 11.2. The first kappa shape index (κ1) is 30.9. The van der Waals surface area contributed by atoms with E-state index in [1.807, 2.05) is 76.2 Å². The van der Waals surface area contributed by atoms with Gasteiger partial charge in [-0.1, -0.05) is 57.5 Å². The highest BCUT2D eigenvalue weighted by Crippen LogP contribution is 2.40. The minimum Gasteiger partial charge on any atom is -0.503 e. The normalized spacial score (nSPS) is 9.92. The van der Waals surface area contributed by atoms with Gasteiger partial charge >= 0.3 is 0 Å². The Bertz CT molecular complexity index is 1100. The Labute approximate surface area is 224 Å². The number of ether oxygens (including phenoxy) is 4. The van der Waals surface area contributed by atoms with Crippen molar-refractivity contribution in [3.63, 3.8) is 0 Å². The van der Waals surface area contributed by atoms with Crippen molar-refractivity contribution < 1.29 is 24.1 Å². The van der Waals surface area contributed by atoms with Crippen molar-refractivity contribution in [3.8, 4) is 28.7 Å². The van der Waals surface area contributed by atoms with Crippen molar-refractivity contribution in [2.24, 2.45) is 0 Å². The lowest BCUT2D eigenvalue weighted by molar-refractivity contribution is 0.324. The molecule has 0 radical (unpaired) electrons. The van der Waals surface area contributed by atoms with Crippen LogP contribution in [0, 0.1) is 0 Å². The Kier molecular flexibility index (Phi) is 14.1. The standard InChI is InChI=1S/C24H24ClNO5S.2C2H6/c1-28-20-11-15(8-9-16-12-21(29-2)24(31-4)22(13-16)30-3)10-19(23(20)27)26-32-18-7-5-6-17(25)14-18;2*1-2/h5-14,26-27H,1-4H3;2*1-2H3/b9-8-;;. The topological polar surface area (TPSA) is 69.2 Å². The third-order valence-electron chi connectivity index (χ3n) is 4.55. The molecular weight excluding hydrogens is 498 g/mol. The van der Waals surface area contributed by atoms with Crippen LogP contribution in [-0.4, -0.2) is 33.5 Å². The second kappa shape index (κ2) is 16.5. The van der Waals surface area contributed by atoms with Gasteiger partial charge in [-0.3, -0.25) is 0 Å². The number of methoxy groups -OCH3 is 4. The van der Waals surface area contributed by atoms with Crippen molar-refractivity contribution >= 4 is 41.4 Å². The lowest BCUT2D eigenvalue weighted by Crippen LogP contribution is -1.95. The zero-order valence-corrected chi connectivity index (χ0v) is 23.7. The number of phenols is 1. The highest BCUT2D eigenvalue weighted by Gasteiger charge is 2.13. The molecule has 3 aromatic carbocycles. The van der Waals surface area contributed by atoms with Gasteiger partial charge in [0, 0.05) is 9.92 Å². The van der Waals surface area contributed by atoms with Crippen LogP contribution in [0.15, 0.2) is 53.4 Å². The number of phenolic OH excluding ortho intramolecular Hbond substituents is 1. The molecule has 0 saturated heterocycles. The molecule has 196 valence electrons. The molecule has 36 heavy (non-hydrogen) atoms. The molecule has 0 aliphatic rings. The first-order valence-corrected chi connectivity index (χ1v) is 12.8. The van der Waals surface area contributed by atoms with Gasteiger partial charge in [0.25, 0.3) is 0 Å². The van der Waals surface area contributed by atoms with Gasteiger partial charge in [-0.15, -0.1) is 0 Å². The van der Waals surface area contributed by atoms with Crippen LogP contribution in [0.25, 0.3) is 12.2 Å². The van der Waals surface area contributed by atoms with E-state index in [0.29, 0.717) is 33.7 Å². The van der Waals surface area contributed by atoms with Crippen molar-refractivity contribution in [2.75, 3.05) is 33.2 Å². The Balaban J connectivity index is 0.00000154. The van der Waals surface area contributed by atoms with E-state index >= 15 is 0 Å². The number of aromatic hydroxyl groups is 1. The monoisotopic (exact) mass is 533 g/mol. The summed E-state index contributed by atoms with van der Waals surface area (Å²) in [5.74, 6) is 2.03. The summed E-state index contributed by atoms with van der Waals surface area (Å²) in [7, 11) is 6.22. The molecule has 2 N–H and O–H groups in total. The number of nitrogens with one attached hydrogen (secondary N) is 1. The molecule has 0 atom stereocenters. The molecule has 0 aromatic heterocycles. The fraction of sp³-hybridized carbons (Fsp3) is 0.286. The van der Waals surface area contributed by atoms with E-state index in [4.69, 9.17) is 30.5 Å². The Morgan fingerprint density at radius 3 is 1.78 bits per heavy atom. The maximum Gasteiger partial charge on any atom is 0.203 e. The second-order valence-electron chi connectivity index (χ2n) is 6.57. The van der Waals surface area contributed by atoms with E-state index in [-0.39, 0.29) is 5.75 Å². The molecule has 3 aromatic rings. The number of hydrogen-bond acceptors (Lipinski definition) is 7. The minimum atomic E-state index is 0.0203. The summed E-state index contributed by atoms with van der Waals surface area (Å²) in [5.41, 5.74) is 2.19. The van der Waals surface area contributed by atoms with E-state index in [0.717, 1.165) is 16.0 Å². The molecule has 8 heteroatoms. The van der Waals surface area contributed by atoms with Gasteiger partial charge in [-0.25, -0.2) is 0 Å². The van der Waals surface area contributed by atoms with Crippen LogP contribution in [0.3, 0.4) is 0 Å². The molecule has 0 bridgehead atoms. The summed E-state index contributed by atoms with van der Waals surface area (Å²) in [6.07, 6.45) is 3.81. The Hall–Kier alpha value is -3.16. The van der Waals surface area contributed by atoms with Crippen LogP contribution in [0.1, 0.15) is 38.8 Å². The maximum atomic E-state index is 10.5. The van der Waals surface area contributed by atoms with Crippen molar-refractivity contribution in [3.05, 3.63) is 64.7 Å². The highest BCUT2D eigenvalue weighted by atomic mass is 35.5. The summed E-state index contributed by atoms with van der Waals surface area (Å²) in [6, 6.07) is 14.7. The van der Waals surface area contributed by atoms with Crippen molar-refractivity contribution in [1.29, 1.82) is 0 Å². The van der Waals surface area contributed by atoms with Crippen molar-refractivity contribution in [2.45, 2.75) is 32.6 Å². The molecule has 0 spiro atoms. The third kappa shape index (κ3) is 8.50. The average molecular weight is 534 g/mol. The number of anilines is 1. The molecule has 0 saturated carbocycles.